The first-order valence-electron chi connectivity index (χ1n) is 5.10. The Labute approximate surface area is 99.1 Å². The molecular weight excluding hydrogens is 230 g/mol. The number of hydrogen-bond donors (Lipinski definition) is 1. The van der Waals surface area contributed by atoms with Crippen LogP contribution in [0.15, 0.2) is 12.1 Å². The number of hydrogen-bond acceptors (Lipinski definition) is 5. The molecule has 1 aliphatic rings. The maximum Gasteiger partial charge on any atom is 0.151 e. The monoisotopic (exact) mass is 243 g/mol. The van der Waals surface area contributed by atoms with Gasteiger partial charge in [-0.1, -0.05) is 11.6 Å². The molecule has 0 radical (unpaired) electrons. The molecule has 0 spiro atoms. The summed E-state index contributed by atoms with van der Waals surface area (Å²) in [5.74, 6) is 0.688. The van der Waals surface area contributed by atoms with Crippen LogP contribution in [0.3, 0.4) is 0 Å². The van der Waals surface area contributed by atoms with E-state index in [4.69, 9.17) is 21.1 Å². The van der Waals surface area contributed by atoms with Crippen LogP contribution in [0.5, 0.6) is 0 Å². The summed E-state index contributed by atoms with van der Waals surface area (Å²) in [4.78, 5) is 0. The van der Waals surface area contributed by atoms with Gasteiger partial charge < -0.3 is 14.8 Å². The fraction of sp³-hybridized carbons (Fsp3) is 0.600. The Morgan fingerprint density at radius 2 is 2.44 bits per heavy atom. The largest absolute Gasteiger partial charge is 0.378 e. The van der Waals surface area contributed by atoms with Crippen molar-refractivity contribution < 1.29 is 9.47 Å². The lowest BCUT2D eigenvalue weighted by Crippen LogP contribution is -2.39. The predicted octanol–water partition coefficient (Wildman–Crippen LogP) is 1.35. The SMILES string of the molecule is COC1(CNc2ccc(Cl)nn2)CCOC1. The van der Waals surface area contributed by atoms with Crippen LogP contribution >= 0.6 is 11.6 Å². The minimum atomic E-state index is -0.249. The highest BCUT2D eigenvalue weighted by molar-refractivity contribution is 6.29. The zero-order chi connectivity index (χ0) is 11.4. The van der Waals surface area contributed by atoms with Crippen molar-refractivity contribution in [2.24, 2.45) is 0 Å². The van der Waals surface area contributed by atoms with E-state index in [-0.39, 0.29) is 5.60 Å². The molecular formula is C10H14ClN3O2. The lowest BCUT2D eigenvalue weighted by atomic mass is 10.0. The van der Waals surface area contributed by atoms with Gasteiger partial charge in [0.15, 0.2) is 5.15 Å². The number of anilines is 1. The lowest BCUT2D eigenvalue weighted by molar-refractivity contribution is -0.00626. The standard InChI is InChI=1S/C10H14ClN3O2/c1-15-10(4-5-16-7-10)6-12-9-3-2-8(11)13-14-9/h2-3H,4-7H2,1H3,(H,12,14). The Hall–Kier alpha value is -0.910. The number of halogens is 1. The Morgan fingerprint density at radius 3 is 3.00 bits per heavy atom. The van der Waals surface area contributed by atoms with Crippen molar-refractivity contribution in [3.05, 3.63) is 17.3 Å². The molecule has 2 heterocycles. The highest BCUT2D eigenvalue weighted by Gasteiger charge is 2.34. The quantitative estimate of drug-likeness (QED) is 0.865. The molecule has 0 aromatic carbocycles. The number of aromatic nitrogens is 2. The molecule has 5 nitrogen and oxygen atoms in total. The first-order valence-corrected chi connectivity index (χ1v) is 5.48. The minimum Gasteiger partial charge on any atom is -0.378 e. The third kappa shape index (κ3) is 2.61. The summed E-state index contributed by atoms with van der Waals surface area (Å²) in [6.45, 7) is 2.00. The normalized spacial score (nSPS) is 24.6. The van der Waals surface area contributed by atoms with Gasteiger partial charge >= 0.3 is 0 Å². The van der Waals surface area contributed by atoms with Crippen molar-refractivity contribution >= 4 is 17.4 Å². The molecule has 0 amide bonds. The second-order valence-corrected chi connectivity index (χ2v) is 4.17. The molecule has 1 aromatic rings. The number of nitrogens with zero attached hydrogens (tertiary/aromatic N) is 2. The molecule has 1 unspecified atom stereocenters. The average molecular weight is 244 g/mol. The molecule has 88 valence electrons. The Balaban J connectivity index is 1.93. The van der Waals surface area contributed by atoms with Crippen LogP contribution in [0.4, 0.5) is 5.82 Å². The topological polar surface area (TPSA) is 56.3 Å². The average Bonchev–Trinajstić information content (AvgIpc) is 2.78. The van der Waals surface area contributed by atoms with Crippen LogP contribution in [0.2, 0.25) is 5.15 Å². The van der Waals surface area contributed by atoms with E-state index in [9.17, 15) is 0 Å². The smallest absolute Gasteiger partial charge is 0.151 e. The predicted molar refractivity (Wildman–Crippen MR) is 60.7 cm³/mol. The summed E-state index contributed by atoms with van der Waals surface area (Å²) in [5.41, 5.74) is -0.249. The fourth-order valence-corrected chi connectivity index (χ4v) is 1.72. The highest BCUT2D eigenvalue weighted by Crippen LogP contribution is 2.22. The molecule has 1 aliphatic heterocycles. The zero-order valence-corrected chi connectivity index (χ0v) is 9.83. The Kier molecular flexibility index (Phi) is 3.58. The maximum atomic E-state index is 5.65. The first-order chi connectivity index (χ1) is 7.74. The van der Waals surface area contributed by atoms with Gasteiger partial charge in [-0.05, 0) is 12.1 Å². The third-order valence-corrected chi connectivity index (χ3v) is 2.93. The molecule has 0 saturated carbocycles. The van der Waals surface area contributed by atoms with Gasteiger partial charge in [-0.15, -0.1) is 10.2 Å². The molecule has 1 atom stereocenters. The van der Waals surface area contributed by atoms with E-state index in [0.717, 1.165) is 13.0 Å². The van der Waals surface area contributed by atoms with Crippen molar-refractivity contribution in [3.8, 4) is 0 Å². The van der Waals surface area contributed by atoms with E-state index in [1.165, 1.54) is 0 Å². The van der Waals surface area contributed by atoms with Crippen molar-refractivity contribution in [1.29, 1.82) is 0 Å². The van der Waals surface area contributed by atoms with Crippen molar-refractivity contribution in [3.63, 3.8) is 0 Å². The van der Waals surface area contributed by atoms with E-state index in [0.29, 0.717) is 24.1 Å². The second kappa shape index (κ2) is 4.95. The third-order valence-electron chi connectivity index (χ3n) is 2.72. The molecule has 1 aromatic heterocycles. The van der Waals surface area contributed by atoms with Crippen LogP contribution in [-0.2, 0) is 9.47 Å². The second-order valence-electron chi connectivity index (χ2n) is 3.78. The fourth-order valence-electron chi connectivity index (χ4n) is 1.62. The van der Waals surface area contributed by atoms with E-state index in [2.05, 4.69) is 15.5 Å². The summed E-state index contributed by atoms with van der Waals surface area (Å²) in [7, 11) is 1.70. The number of methoxy groups -OCH3 is 1. The summed E-state index contributed by atoms with van der Waals surface area (Å²) >= 11 is 5.65. The summed E-state index contributed by atoms with van der Waals surface area (Å²) in [6.07, 6.45) is 0.886. The Morgan fingerprint density at radius 1 is 1.56 bits per heavy atom. The van der Waals surface area contributed by atoms with E-state index < -0.39 is 0 Å². The summed E-state index contributed by atoms with van der Waals surface area (Å²) in [6, 6.07) is 3.48. The van der Waals surface area contributed by atoms with E-state index in [1.807, 2.05) is 0 Å². The van der Waals surface area contributed by atoms with E-state index >= 15 is 0 Å². The highest BCUT2D eigenvalue weighted by atomic mass is 35.5. The number of ether oxygens (including phenoxy) is 2. The van der Waals surface area contributed by atoms with E-state index in [1.54, 1.807) is 19.2 Å². The van der Waals surface area contributed by atoms with Crippen LogP contribution in [0.25, 0.3) is 0 Å². The molecule has 2 rings (SSSR count). The summed E-state index contributed by atoms with van der Waals surface area (Å²) < 4.78 is 10.8. The molecule has 1 saturated heterocycles. The molecule has 0 bridgehead atoms. The van der Waals surface area contributed by atoms with Crippen molar-refractivity contribution in [1.82, 2.24) is 10.2 Å². The van der Waals surface area contributed by atoms with Crippen molar-refractivity contribution in [2.45, 2.75) is 12.0 Å². The molecule has 1 N–H and O–H groups in total. The minimum absolute atomic E-state index is 0.249. The van der Waals surface area contributed by atoms with Gasteiger partial charge in [0, 0.05) is 26.7 Å². The Bertz CT molecular complexity index is 338. The molecule has 16 heavy (non-hydrogen) atoms. The number of nitrogens with one attached hydrogen (secondary N) is 1. The number of rotatable bonds is 4. The molecule has 6 heteroatoms. The van der Waals surface area contributed by atoms with Gasteiger partial charge in [-0.3, -0.25) is 0 Å². The van der Waals surface area contributed by atoms with Gasteiger partial charge in [0.05, 0.1) is 6.61 Å². The maximum absolute atomic E-state index is 5.65. The van der Waals surface area contributed by atoms with Crippen LogP contribution in [0.1, 0.15) is 6.42 Å². The van der Waals surface area contributed by atoms with Crippen LogP contribution in [-0.4, -0.2) is 42.7 Å². The van der Waals surface area contributed by atoms with Gasteiger partial charge in [-0.25, -0.2) is 0 Å². The summed E-state index contributed by atoms with van der Waals surface area (Å²) in [5, 5.41) is 11.2. The lowest BCUT2D eigenvalue weighted by Gasteiger charge is -2.25. The molecule has 0 aliphatic carbocycles. The van der Waals surface area contributed by atoms with Gasteiger partial charge in [-0.2, -0.15) is 0 Å². The van der Waals surface area contributed by atoms with Gasteiger partial charge in [0.2, 0.25) is 0 Å². The van der Waals surface area contributed by atoms with Crippen molar-refractivity contribution in [2.75, 3.05) is 32.2 Å². The van der Waals surface area contributed by atoms with Crippen LogP contribution < -0.4 is 5.32 Å². The first kappa shape index (κ1) is 11.6. The van der Waals surface area contributed by atoms with Gasteiger partial charge in [0.25, 0.3) is 0 Å². The zero-order valence-electron chi connectivity index (χ0n) is 9.07. The van der Waals surface area contributed by atoms with Gasteiger partial charge in [0.1, 0.15) is 11.4 Å². The van der Waals surface area contributed by atoms with Crippen LogP contribution in [0, 0.1) is 0 Å². The molecule has 1 fully saturated rings.